The Balaban J connectivity index is 1.77. The summed E-state index contributed by atoms with van der Waals surface area (Å²) in [6.45, 7) is 0.358. The Kier molecular flexibility index (Phi) is 4.10. The molecular weight excluding hydrogens is 360 g/mol. The zero-order valence-corrected chi connectivity index (χ0v) is 14.4. The van der Waals surface area contributed by atoms with Gasteiger partial charge in [-0.2, -0.15) is 15.3 Å². The molecule has 3 aromatic heterocycles. The number of non-ortho nitro benzene ring substituents is 1. The number of nitriles is 1. The Morgan fingerprint density at radius 2 is 2.00 bits per heavy atom. The molecule has 0 spiro atoms. The number of nitrogens with two attached hydrogens (primary N) is 1. The molecule has 0 aliphatic rings. The van der Waals surface area contributed by atoms with Gasteiger partial charge in [0.1, 0.15) is 11.8 Å². The molecule has 0 aliphatic carbocycles. The standard InChI is InChI=1S/C18H12N8O2/c19-8-13-7-12(5-6-21-13)16-15-9-22-25(17(15)24-18(20)23-16)10-11-1-3-14(4-2-11)26(27)28/h1-7,9H,10H2,(H2,20,23,24). The van der Waals surface area contributed by atoms with Crippen molar-refractivity contribution in [2.45, 2.75) is 6.54 Å². The zero-order valence-electron chi connectivity index (χ0n) is 14.4. The first kappa shape index (κ1) is 17.0. The van der Waals surface area contributed by atoms with E-state index < -0.39 is 4.92 Å². The Morgan fingerprint density at radius 3 is 2.71 bits per heavy atom. The van der Waals surface area contributed by atoms with Crippen LogP contribution in [0.1, 0.15) is 11.3 Å². The van der Waals surface area contributed by atoms with E-state index in [4.69, 9.17) is 11.0 Å². The highest BCUT2D eigenvalue weighted by atomic mass is 16.6. The van der Waals surface area contributed by atoms with E-state index in [9.17, 15) is 10.1 Å². The van der Waals surface area contributed by atoms with Crippen molar-refractivity contribution in [3.8, 4) is 17.3 Å². The fourth-order valence-electron chi connectivity index (χ4n) is 2.84. The molecule has 0 unspecified atom stereocenters. The van der Waals surface area contributed by atoms with Crippen LogP contribution in [0.3, 0.4) is 0 Å². The average Bonchev–Trinajstić information content (AvgIpc) is 3.10. The van der Waals surface area contributed by atoms with Gasteiger partial charge in [-0.1, -0.05) is 12.1 Å². The first-order chi connectivity index (χ1) is 13.5. The molecule has 0 saturated carbocycles. The number of pyridine rings is 1. The first-order valence-electron chi connectivity index (χ1n) is 8.14. The molecule has 28 heavy (non-hydrogen) atoms. The topological polar surface area (TPSA) is 149 Å². The number of nitrogen functional groups attached to an aromatic ring is 1. The van der Waals surface area contributed by atoms with Crippen LogP contribution >= 0.6 is 0 Å². The SMILES string of the molecule is N#Cc1cc(-c2nc(N)nc3c2cnn3Cc2ccc([N+](=O)[O-])cc2)ccn1. The summed E-state index contributed by atoms with van der Waals surface area (Å²) in [7, 11) is 0. The molecule has 4 rings (SSSR count). The Labute approximate surface area is 158 Å². The fourth-order valence-corrected chi connectivity index (χ4v) is 2.84. The molecule has 2 N–H and O–H groups in total. The highest BCUT2D eigenvalue weighted by molar-refractivity contribution is 5.91. The molecule has 10 nitrogen and oxygen atoms in total. The molecule has 4 aromatic rings. The van der Waals surface area contributed by atoms with Crippen molar-refractivity contribution in [3.05, 3.63) is 70.2 Å². The zero-order chi connectivity index (χ0) is 19.7. The predicted molar refractivity (Wildman–Crippen MR) is 99.9 cm³/mol. The van der Waals surface area contributed by atoms with Crippen LogP contribution in [0.2, 0.25) is 0 Å². The van der Waals surface area contributed by atoms with E-state index in [0.717, 1.165) is 5.56 Å². The molecule has 0 atom stereocenters. The summed E-state index contributed by atoms with van der Waals surface area (Å²) in [5, 5.41) is 24.9. The maximum atomic E-state index is 10.8. The van der Waals surface area contributed by atoms with E-state index in [0.29, 0.717) is 28.8 Å². The summed E-state index contributed by atoms with van der Waals surface area (Å²) in [4.78, 5) is 22.9. The Bertz CT molecular complexity index is 1240. The number of nitro groups is 1. The number of benzene rings is 1. The van der Waals surface area contributed by atoms with Crippen molar-refractivity contribution in [3.63, 3.8) is 0 Å². The number of hydrogen-bond acceptors (Lipinski definition) is 8. The molecule has 0 amide bonds. The van der Waals surface area contributed by atoms with Crippen molar-refractivity contribution < 1.29 is 4.92 Å². The number of nitrogens with zero attached hydrogens (tertiary/aromatic N) is 7. The van der Waals surface area contributed by atoms with Gasteiger partial charge in [0.2, 0.25) is 5.95 Å². The first-order valence-corrected chi connectivity index (χ1v) is 8.14. The second-order valence-electron chi connectivity index (χ2n) is 5.94. The van der Waals surface area contributed by atoms with Crippen LogP contribution in [0.5, 0.6) is 0 Å². The maximum Gasteiger partial charge on any atom is 0.269 e. The van der Waals surface area contributed by atoms with E-state index in [1.54, 1.807) is 35.1 Å². The monoisotopic (exact) mass is 372 g/mol. The van der Waals surface area contributed by atoms with Crippen LogP contribution in [-0.4, -0.2) is 29.7 Å². The van der Waals surface area contributed by atoms with Gasteiger partial charge in [-0.15, -0.1) is 0 Å². The minimum atomic E-state index is -0.447. The number of nitro benzene ring substituents is 1. The molecule has 136 valence electrons. The summed E-state index contributed by atoms with van der Waals surface area (Å²) in [5.41, 5.74) is 8.76. The van der Waals surface area contributed by atoms with Gasteiger partial charge >= 0.3 is 0 Å². The largest absolute Gasteiger partial charge is 0.368 e. The van der Waals surface area contributed by atoms with Crippen LogP contribution in [0.25, 0.3) is 22.3 Å². The minimum Gasteiger partial charge on any atom is -0.368 e. The Morgan fingerprint density at radius 1 is 1.21 bits per heavy atom. The van der Waals surface area contributed by atoms with Crippen LogP contribution < -0.4 is 5.73 Å². The maximum absolute atomic E-state index is 10.8. The summed E-state index contributed by atoms with van der Waals surface area (Å²) in [5.74, 6) is 0.0725. The van der Waals surface area contributed by atoms with Crippen LogP contribution in [0.15, 0.2) is 48.8 Å². The van der Waals surface area contributed by atoms with Gasteiger partial charge in [0.15, 0.2) is 5.65 Å². The molecule has 10 heteroatoms. The predicted octanol–water partition coefficient (Wildman–Crippen LogP) is 2.30. The third-order valence-corrected chi connectivity index (χ3v) is 4.14. The third-order valence-electron chi connectivity index (χ3n) is 4.14. The molecule has 0 bridgehead atoms. The molecule has 0 saturated heterocycles. The van der Waals surface area contributed by atoms with Crippen molar-refractivity contribution in [1.82, 2.24) is 24.7 Å². The summed E-state index contributed by atoms with van der Waals surface area (Å²) >= 11 is 0. The molecule has 0 fully saturated rings. The van der Waals surface area contributed by atoms with E-state index in [2.05, 4.69) is 20.1 Å². The molecule has 0 aliphatic heterocycles. The van der Waals surface area contributed by atoms with Crippen molar-refractivity contribution in [2.75, 3.05) is 5.73 Å². The van der Waals surface area contributed by atoms with E-state index in [-0.39, 0.29) is 17.3 Å². The highest BCUT2D eigenvalue weighted by Gasteiger charge is 2.15. The van der Waals surface area contributed by atoms with Gasteiger partial charge in [-0.25, -0.2) is 14.6 Å². The smallest absolute Gasteiger partial charge is 0.269 e. The van der Waals surface area contributed by atoms with Crippen molar-refractivity contribution in [1.29, 1.82) is 5.26 Å². The van der Waals surface area contributed by atoms with Crippen molar-refractivity contribution >= 4 is 22.7 Å². The normalized spacial score (nSPS) is 10.7. The fraction of sp³-hybridized carbons (Fsp3) is 0.0556. The van der Waals surface area contributed by atoms with Crippen LogP contribution in [0, 0.1) is 21.4 Å². The lowest BCUT2D eigenvalue weighted by Gasteiger charge is -2.06. The van der Waals surface area contributed by atoms with Gasteiger partial charge in [-0.3, -0.25) is 10.1 Å². The van der Waals surface area contributed by atoms with Crippen LogP contribution in [-0.2, 0) is 6.54 Å². The number of rotatable bonds is 4. The average molecular weight is 372 g/mol. The summed E-state index contributed by atoms with van der Waals surface area (Å²) in [6, 6.07) is 11.6. The van der Waals surface area contributed by atoms with E-state index in [1.807, 2.05) is 6.07 Å². The van der Waals surface area contributed by atoms with Crippen LogP contribution in [0.4, 0.5) is 11.6 Å². The third kappa shape index (κ3) is 3.08. The molecule has 1 aromatic carbocycles. The lowest BCUT2D eigenvalue weighted by atomic mass is 10.1. The van der Waals surface area contributed by atoms with Gasteiger partial charge in [0, 0.05) is 23.9 Å². The minimum absolute atomic E-state index is 0.0221. The van der Waals surface area contributed by atoms with Gasteiger partial charge < -0.3 is 5.73 Å². The number of anilines is 1. The summed E-state index contributed by atoms with van der Waals surface area (Å²) in [6.07, 6.45) is 3.15. The second kappa shape index (κ2) is 6.73. The lowest BCUT2D eigenvalue weighted by molar-refractivity contribution is -0.384. The summed E-state index contributed by atoms with van der Waals surface area (Å²) < 4.78 is 1.64. The lowest BCUT2D eigenvalue weighted by Crippen LogP contribution is -2.05. The van der Waals surface area contributed by atoms with Crippen molar-refractivity contribution in [2.24, 2.45) is 0 Å². The van der Waals surface area contributed by atoms with Gasteiger partial charge in [0.05, 0.1) is 28.7 Å². The highest BCUT2D eigenvalue weighted by Crippen LogP contribution is 2.27. The van der Waals surface area contributed by atoms with E-state index >= 15 is 0 Å². The Hall–Kier alpha value is -4.39. The molecule has 3 heterocycles. The number of hydrogen-bond donors (Lipinski definition) is 1. The quantitative estimate of drug-likeness (QED) is 0.423. The van der Waals surface area contributed by atoms with Gasteiger partial charge in [-0.05, 0) is 17.7 Å². The van der Waals surface area contributed by atoms with Gasteiger partial charge in [0.25, 0.3) is 5.69 Å². The molecule has 0 radical (unpaired) electrons. The number of aromatic nitrogens is 5. The van der Waals surface area contributed by atoms with E-state index in [1.165, 1.54) is 18.3 Å². The second-order valence-corrected chi connectivity index (χ2v) is 5.94. The molecular formula is C18H12N8O2. The number of fused-ring (bicyclic) bond motifs is 1.